The molecule has 14 heavy (non-hydrogen) atoms. The van der Waals surface area contributed by atoms with E-state index < -0.39 is 0 Å². The van der Waals surface area contributed by atoms with Gasteiger partial charge in [0.25, 0.3) is 0 Å². The maximum Gasteiger partial charge on any atom is 0.225 e. The van der Waals surface area contributed by atoms with Crippen molar-refractivity contribution in [3.63, 3.8) is 0 Å². The number of hydrogen-bond acceptors (Lipinski definition) is 1. The average molecular weight is 197 g/mol. The molecule has 0 N–H and O–H groups in total. The van der Waals surface area contributed by atoms with Crippen LogP contribution in [0.2, 0.25) is 0 Å². The molecule has 1 fully saturated rings. The summed E-state index contributed by atoms with van der Waals surface area (Å²) >= 11 is 0. The third kappa shape index (κ3) is 2.10. The number of carbonyl (C=O) groups excluding carboxylic acids is 1. The summed E-state index contributed by atoms with van der Waals surface area (Å²) < 4.78 is 0. The minimum atomic E-state index is 0.152. The first-order valence-corrected chi connectivity index (χ1v) is 5.83. The summed E-state index contributed by atoms with van der Waals surface area (Å²) in [5, 5.41) is 0. The molecule has 2 heteroatoms. The van der Waals surface area contributed by atoms with Crippen LogP contribution in [0.1, 0.15) is 47.0 Å². The molecular formula is C12H23NO. The van der Waals surface area contributed by atoms with E-state index in [0.717, 1.165) is 13.1 Å². The van der Waals surface area contributed by atoms with E-state index in [9.17, 15) is 4.79 Å². The Bertz CT molecular complexity index is 206. The Morgan fingerprint density at radius 3 is 2.29 bits per heavy atom. The predicted molar refractivity (Wildman–Crippen MR) is 59.1 cm³/mol. The zero-order chi connectivity index (χ0) is 10.8. The first-order chi connectivity index (χ1) is 6.54. The van der Waals surface area contributed by atoms with Crippen LogP contribution in [-0.4, -0.2) is 23.9 Å². The highest BCUT2D eigenvalue weighted by atomic mass is 16.2. The van der Waals surface area contributed by atoms with E-state index >= 15 is 0 Å². The highest BCUT2D eigenvalue weighted by molar-refractivity contribution is 5.78. The Hall–Kier alpha value is -0.530. The molecule has 0 atom stereocenters. The number of carbonyl (C=O) groups is 1. The van der Waals surface area contributed by atoms with E-state index in [1.165, 1.54) is 19.3 Å². The standard InChI is InChI=1S/C12H23NO/c1-5-12(6-2)7-8-13(9-12)11(14)10(3)4/h10H,5-9H2,1-4H3. The van der Waals surface area contributed by atoms with Crippen LogP contribution < -0.4 is 0 Å². The maximum absolute atomic E-state index is 11.8. The minimum Gasteiger partial charge on any atom is -0.342 e. The topological polar surface area (TPSA) is 20.3 Å². The van der Waals surface area contributed by atoms with Gasteiger partial charge in [-0.15, -0.1) is 0 Å². The van der Waals surface area contributed by atoms with Crippen LogP contribution in [0.4, 0.5) is 0 Å². The van der Waals surface area contributed by atoms with Crippen molar-refractivity contribution in [2.45, 2.75) is 47.0 Å². The predicted octanol–water partition coefficient (Wildman–Crippen LogP) is 2.68. The molecule has 1 rings (SSSR count). The second-order valence-electron chi connectivity index (χ2n) is 4.87. The molecule has 82 valence electrons. The van der Waals surface area contributed by atoms with E-state index in [-0.39, 0.29) is 5.92 Å². The van der Waals surface area contributed by atoms with Gasteiger partial charge in [0, 0.05) is 19.0 Å². The molecule has 0 unspecified atom stereocenters. The first-order valence-electron chi connectivity index (χ1n) is 5.83. The molecule has 0 aromatic rings. The largest absolute Gasteiger partial charge is 0.342 e. The summed E-state index contributed by atoms with van der Waals surface area (Å²) in [6.45, 7) is 10.4. The van der Waals surface area contributed by atoms with Gasteiger partial charge in [-0.3, -0.25) is 4.79 Å². The van der Waals surface area contributed by atoms with Crippen molar-refractivity contribution < 1.29 is 4.79 Å². The van der Waals surface area contributed by atoms with Crippen LogP contribution in [0, 0.1) is 11.3 Å². The SMILES string of the molecule is CCC1(CC)CCN(C(=O)C(C)C)C1. The second kappa shape index (κ2) is 4.33. The Morgan fingerprint density at radius 1 is 1.36 bits per heavy atom. The Morgan fingerprint density at radius 2 is 1.93 bits per heavy atom. The van der Waals surface area contributed by atoms with Gasteiger partial charge in [0.15, 0.2) is 0 Å². The van der Waals surface area contributed by atoms with Crippen molar-refractivity contribution in [3.8, 4) is 0 Å². The summed E-state index contributed by atoms with van der Waals surface area (Å²) in [5.41, 5.74) is 0.421. The van der Waals surface area contributed by atoms with E-state index in [1.807, 2.05) is 13.8 Å². The number of rotatable bonds is 3. The minimum absolute atomic E-state index is 0.152. The second-order valence-corrected chi connectivity index (χ2v) is 4.87. The lowest BCUT2D eigenvalue weighted by Crippen LogP contribution is -2.34. The molecule has 0 bridgehead atoms. The fourth-order valence-electron chi connectivity index (χ4n) is 2.32. The summed E-state index contributed by atoms with van der Waals surface area (Å²) in [6.07, 6.45) is 3.59. The smallest absolute Gasteiger partial charge is 0.225 e. The van der Waals surface area contributed by atoms with Crippen molar-refractivity contribution in [3.05, 3.63) is 0 Å². The average Bonchev–Trinajstić information content (AvgIpc) is 2.61. The van der Waals surface area contributed by atoms with E-state index in [4.69, 9.17) is 0 Å². The Labute approximate surface area is 87.7 Å². The third-order valence-corrected chi connectivity index (χ3v) is 3.74. The van der Waals surface area contributed by atoms with E-state index in [0.29, 0.717) is 11.3 Å². The monoisotopic (exact) mass is 197 g/mol. The Balaban J connectivity index is 2.60. The third-order valence-electron chi connectivity index (χ3n) is 3.74. The number of hydrogen-bond donors (Lipinski definition) is 0. The van der Waals surface area contributed by atoms with Gasteiger partial charge in [0.1, 0.15) is 0 Å². The van der Waals surface area contributed by atoms with Crippen LogP contribution >= 0.6 is 0 Å². The molecule has 1 heterocycles. The lowest BCUT2D eigenvalue weighted by Gasteiger charge is -2.27. The Kier molecular flexibility index (Phi) is 3.57. The van der Waals surface area contributed by atoms with Crippen molar-refractivity contribution in [2.75, 3.05) is 13.1 Å². The summed E-state index contributed by atoms with van der Waals surface area (Å²) in [4.78, 5) is 13.8. The summed E-state index contributed by atoms with van der Waals surface area (Å²) in [7, 11) is 0. The van der Waals surface area contributed by atoms with Crippen LogP contribution in [0.3, 0.4) is 0 Å². The van der Waals surface area contributed by atoms with E-state index in [1.54, 1.807) is 0 Å². The van der Waals surface area contributed by atoms with Crippen molar-refractivity contribution >= 4 is 5.91 Å². The zero-order valence-corrected chi connectivity index (χ0v) is 9.97. The lowest BCUT2D eigenvalue weighted by atomic mass is 9.82. The van der Waals surface area contributed by atoms with Gasteiger partial charge in [-0.1, -0.05) is 27.7 Å². The van der Waals surface area contributed by atoms with E-state index in [2.05, 4.69) is 18.7 Å². The van der Waals surface area contributed by atoms with Gasteiger partial charge < -0.3 is 4.90 Å². The summed E-state index contributed by atoms with van der Waals surface area (Å²) in [6, 6.07) is 0. The van der Waals surface area contributed by atoms with Crippen molar-refractivity contribution in [2.24, 2.45) is 11.3 Å². The molecule has 2 nitrogen and oxygen atoms in total. The van der Waals surface area contributed by atoms with Gasteiger partial charge in [-0.2, -0.15) is 0 Å². The van der Waals surface area contributed by atoms with Crippen LogP contribution in [0.5, 0.6) is 0 Å². The first kappa shape index (κ1) is 11.5. The molecule has 0 spiro atoms. The molecule has 0 aromatic carbocycles. The molecule has 1 amide bonds. The maximum atomic E-state index is 11.8. The number of likely N-dealkylation sites (tertiary alicyclic amines) is 1. The lowest BCUT2D eigenvalue weighted by molar-refractivity contribution is -0.133. The fraction of sp³-hybridized carbons (Fsp3) is 0.917. The molecule has 1 saturated heterocycles. The quantitative estimate of drug-likeness (QED) is 0.681. The van der Waals surface area contributed by atoms with Gasteiger partial charge in [0.05, 0.1) is 0 Å². The molecule has 0 saturated carbocycles. The number of nitrogens with zero attached hydrogens (tertiary/aromatic N) is 1. The fourth-order valence-corrected chi connectivity index (χ4v) is 2.32. The molecule has 1 aliphatic heterocycles. The highest BCUT2D eigenvalue weighted by Gasteiger charge is 2.37. The van der Waals surface area contributed by atoms with Crippen molar-refractivity contribution in [1.29, 1.82) is 0 Å². The molecule has 0 aromatic heterocycles. The van der Waals surface area contributed by atoms with Crippen molar-refractivity contribution in [1.82, 2.24) is 4.90 Å². The van der Waals surface area contributed by atoms with Crippen LogP contribution in [0.25, 0.3) is 0 Å². The van der Waals surface area contributed by atoms with Gasteiger partial charge in [-0.05, 0) is 24.7 Å². The van der Waals surface area contributed by atoms with Gasteiger partial charge in [-0.25, -0.2) is 0 Å². The normalized spacial score (nSPS) is 20.5. The van der Waals surface area contributed by atoms with Gasteiger partial charge >= 0.3 is 0 Å². The highest BCUT2D eigenvalue weighted by Crippen LogP contribution is 2.37. The number of amides is 1. The molecule has 0 aliphatic carbocycles. The molecular weight excluding hydrogens is 174 g/mol. The van der Waals surface area contributed by atoms with Crippen LogP contribution in [0.15, 0.2) is 0 Å². The summed E-state index contributed by atoms with van der Waals surface area (Å²) in [5.74, 6) is 0.480. The van der Waals surface area contributed by atoms with Gasteiger partial charge in [0.2, 0.25) is 5.91 Å². The van der Waals surface area contributed by atoms with Crippen LogP contribution in [-0.2, 0) is 4.79 Å². The molecule has 0 radical (unpaired) electrons. The zero-order valence-electron chi connectivity index (χ0n) is 9.97. The molecule has 1 aliphatic rings.